The van der Waals surface area contributed by atoms with Crippen molar-refractivity contribution >= 4 is 9.84 Å². The first kappa shape index (κ1) is 11.9. The monoisotopic (exact) mass is 222 g/mol. The van der Waals surface area contributed by atoms with Gasteiger partial charge in [-0.1, -0.05) is 0 Å². The molecule has 0 aliphatic carbocycles. The Morgan fingerprint density at radius 3 is 2.57 bits per heavy atom. The molecule has 5 nitrogen and oxygen atoms in total. The van der Waals surface area contributed by atoms with E-state index in [9.17, 15) is 13.5 Å². The van der Waals surface area contributed by atoms with Gasteiger partial charge in [0.15, 0.2) is 9.84 Å². The Bertz CT molecular complexity index is 278. The lowest BCUT2D eigenvalue weighted by molar-refractivity contribution is 0.0995. The van der Waals surface area contributed by atoms with Gasteiger partial charge in [0.05, 0.1) is 23.7 Å². The molecule has 1 rings (SSSR count). The molecule has 0 aromatic heterocycles. The molecule has 0 spiro atoms. The molecule has 0 aromatic rings. The fourth-order valence-electron chi connectivity index (χ4n) is 1.74. The quantitative estimate of drug-likeness (QED) is 0.600. The van der Waals surface area contributed by atoms with Gasteiger partial charge in [-0.2, -0.15) is 0 Å². The maximum absolute atomic E-state index is 11.2. The summed E-state index contributed by atoms with van der Waals surface area (Å²) in [5, 5.41) is 9.54. The highest BCUT2D eigenvalue weighted by molar-refractivity contribution is 7.91. The Labute approximate surface area is 84.8 Å². The summed E-state index contributed by atoms with van der Waals surface area (Å²) in [5.41, 5.74) is 5.36. The third-order valence-electron chi connectivity index (χ3n) is 2.57. The van der Waals surface area contributed by atoms with Crippen molar-refractivity contribution in [2.24, 2.45) is 5.73 Å². The van der Waals surface area contributed by atoms with Crippen LogP contribution >= 0.6 is 0 Å². The van der Waals surface area contributed by atoms with Crippen LogP contribution in [0.1, 0.15) is 6.42 Å². The van der Waals surface area contributed by atoms with Gasteiger partial charge in [-0.15, -0.1) is 0 Å². The fraction of sp³-hybridized carbons (Fsp3) is 1.00. The minimum absolute atomic E-state index is 0.0647. The number of nitrogens with zero attached hydrogens (tertiary/aromatic N) is 1. The van der Waals surface area contributed by atoms with Crippen LogP contribution in [-0.4, -0.2) is 62.2 Å². The summed E-state index contributed by atoms with van der Waals surface area (Å²) >= 11 is 0. The lowest BCUT2D eigenvalue weighted by Crippen LogP contribution is -2.41. The zero-order valence-electron chi connectivity index (χ0n) is 8.39. The van der Waals surface area contributed by atoms with E-state index in [0.717, 1.165) is 13.0 Å². The van der Waals surface area contributed by atoms with Gasteiger partial charge in [0, 0.05) is 0 Å². The van der Waals surface area contributed by atoms with Crippen LogP contribution in [0.15, 0.2) is 0 Å². The number of hydrogen-bond donors (Lipinski definition) is 2. The van der Waals surface area contributed by atoms with Crippen molar-refractivity contribution in [3.05, 3.63) is 0 Å². The Kier molecular flexibility index (Phi) is 3.88. The molecule has 2 unspecified atom stereocenters. The molecule has 3 N–H and O–H groups in total. The van der Waals surface area contributed by atoms with Crippen LogP contribution in [-0.2, 0) is 9.84 Å². The Balaban J connectivity index is 2.52. The predicted molar refractivity (Wildman–Crippen MR) is 54.8 cm³/mol. The summed E-state index contributed by atoms with van der Waals surface area (Å²) in [7, 11) is -1.21. The smallest absolute Gasteiger partial charge is 0.154 e. The standard InChI is InChI=1S/C8H18N2O3S/c1-10(4-2-3-9)7-5-14(12,13)6-8(7)11/h7-8,11H,2-6,9H2,1H3. The minimum Gasteiger partial charge on any atom is -0.390 e. The van der Waals surface area contributed by atoms with Crippen LogP contribution in [0.25, 0.3) is 0 Å². The number of aliphatic hydroxyl groups excluding tert-OH is 1. The first-order valence-electron chi connectivity index (χ1n) is 4.75. The van der Waals surface area contributed by atoms with Gasteiger partial charge in [-0.05, 0) is 26.6 Å². The van der Waals surface area contributed by atoms with Crippen molar-refractivity contribution in [3.8, 4) is 0 Å². The molecule has 0 saturated carbocycles. The molecule has 0 amide bonds. The number of rotatable bonds is 4. The average Bonchev–Trinajstić information content (AvgIpc) is 2.35. The summed E-state index contributed by atoms with van der Waals surface area (Å²) in [5.74, 6) is -0.0418. The highest BCUT2D eigenvalue weighted by Gasteiger charge is 2.38. The van der Waals surface area contributed by atoms with Crippen molar-refractivity contribution in [2.75, 3.05) is 31.6 Å². The molecule has 2 atom stereocenters. The highest BCUT2D eigenvalue weighted by Crippen LogP contribution is 2.17. The summed E-state index contributed by atoms with van der Waals surface area (Å²) in [6.45, 7) is 1.31. The van der Waals surface area contributed by atoms with Gasteiger partial charge in [0.1, 0.15) is 0 Å². The van der Waals surface area contributed by atoms with E-state index in [0.29, 0.717) is 6.54 Å². The van der Waals surface area contributed by atoms with Crippen LogP contribution < -0.4 is 5.73 Å². The van der Waals surface area contributed by atoms with Crippen LogP contribution in [0.3, 0.4) is 0 Å². The Hall–Kier alpha value is -0.170. The van der Waals surface area contributed by atoms with Gasteiger partial charge in [0.2, 0.25) is 0 Å². The molecule has 1 aliphatic heterocycles. The normalized spacial score (nSPS) is 31.1. The molecule has 1 aliphatic rings. The number of nitrogens with two attached hydrogens (primary N) is 1. The highest BCUT2D eigenvalue weighted by atomic mass is 32.2. The molecule has 0 bridgehead atoms. The lowest BCUT2D eigenvalue weighted by Gasteiger charge is -2.25. The Morgan fingerprint density at radius 1 is 1.50 bits per heavy atom. The number of likely N-dealkylation sites (N-methyl/N-ethyl adjacent to an activating group) is 1. The lowest BCUT2D eigenvalue weighted by atomic mass is 10.2. The maximum atomic E-state index is 11.2. The van der Waals surface area contributed by atoms with E-state index in [1.54, 1.807) is 0 Å². The third-order valence-corrected chi connectivity index (χ3v) is 4.27. The second-order valence-electron chi connectivity index (χ2n) is 3.83. The van der Waals surface area contributed by atoms with E-state index in [-0.39, 0.29) is 17.5 Å². The van der Waals surface area contributed by atoms with Gasteiger partial charge >= 0.3 is 0 Å². The van der Waals surface area contributed by atoms with Crippen molar-refractivity contribution in [3.63, 3.8) is 0 Å². The fourth-order valence-corrected chi connectivity index (χ4v) is 3.61. The van der Waals surface area contributed by atoms with Crippen molar-refractivity contribution in [1.82, 2.24) is 4.90 Å². The van der Waals surface area contributed by atoms with E-state index in [1.807, 2.05) is 11.9 Å². The van der Waals surface area contributed by atoms with Gasteiger partial charge < -0.3 is 10.8 Å². The molecule has 1 saturated heterocycles. The molecule has 1 fully saturated rings. The van der Waals surface area contributed by atoms with Gasteiger partial charge in [-0.25, -0.2) is 8.42 Å². The summed E-state index contributed by atoms with van der Waals surface area (Å²) in [4.78, 5) is 1.88. The molecule has 84 valence electrons. The maximum Gasteiger partial charge on any atom is 0.154 e. The van der Waals surface area contributed by atoms with E-state index in [2.05, 4.69) is 0 Å². The van der Waals surface area contributed by atoms with Gasteiger partial charge in [0.25, 0.3) is 0 Å². The van der Waals surface area contributed by atoms with Crippen molar-refractivity contribution in [1.29, 1.82) is 0 Å². The second kappa shape index (κ2) is 4.57. The first-order valence-corrected chi connectivity index (χ1v) is 6.57. The molecule has 0 aromatic carbocycles. The Morgan fingerprint density at radius 2 is 2.14 bits per heavy atom. The van der Waals surface area contributed by atoms with Gasteiger partial charge in [-0.3, -0.25) is 4.90 Å². The zero-order valence-corrected chi connectivity index (χ0v) is 9.20. The van der Waals surface area contributed by atoms with Crippen LogP contribution in [0.4, 0.5) is 0 Å². The van der Waals surface area contributed by atoms with Crippen LogP contribution in [0.5, 0.6) is 0 Å². The van der Waals surface area contributed by atoms with E-state index < -0.39 is 15.9 Å². The second-order valence-corrected chi connectivity index (χ2v) is 5.99. The topological polar surface area (TPSA) is 83.6 Å². The van der Waals surface area contributed by atoms with E-state index >= 15 is 0 Å². The molecular weight excluding hydrogens is 204 g/mol. The molecule has 0 radical (unpaired) electrons. The summed E-state index contributed by atoms with van der Waals surface area (Å²) < 4.78 is 22.4. The minimum atomic E-state index is -3.04. The van der Waals surface area contributed by atoms with Crippen LogP contribution in [0.2, 0.25) is 0 Å². The first-order chi connectivity index (χ1) is 6.46. The van der Waals surface area contributed by atoms with E-state index in [1.165, 1.54) is 0 Å². The number of hydrogen-bond acceptors (Lipinski definition) is 5. The number of aliphatic hydroxyl groups is 1. The van der Waals surface area contributed by atoms with Crippen LogP contribution in [0, 0.1) is 0 Å². The van der Waals surface area contributed by atoms with Crippen molar-refractivity contribution < 1.29 is 13.5 Å². The molecule has 6 heteroatoms. The molecule has 1 heterocycles. The number of sulfone groups is 1. The summed E-state index contributed by atoms with van der Waals surface area (Å²) in [6, 6.07) is -0.258. The SMILES string of the molecule is CN(CCCN)C1CS(=O)(=O)CC1O. The zero-order chi connectivity index (χ0) is 10.8. The molecular formula is C8H18N2O3S. The molecule has 14 heavy (non-hydrogen) atoms. The largest absolute Gasteiger partial charge is 0.390 e. The summed E-state index contributed by atoms with van der Waals surface area (Å²) in [6.07, 6.45) is 0.0718. The third kappa shape index (κ3) is 2.91. The predicted octanol–water partition coefficient (Wildman–Crippen LogP) is -1.58. The average molecular weight is 222 g/mol. The van der Waals surface area contributed by atoms with Crippen molar-refractivity contribution in [2.45, 2.75) is 18.6 Å². The van der Waals surface area contributed by atoms with E-state index in [4.69, 9.17) is 5.73 Å².